The van der Waals surface area contributed by atoms with Gasteiger partial charge in [0.2, 0.25) is 10.0 Å². The van der Waals surface area contributed by atoms with Crippen LogP contribution in [0.25, 0.3) is 10.8 Å². The van der Waals surface area contributed by atoms with Crippen molar-refractivity contribution in [2.45, 2.75) is 4.90 Å². The molecule has 122 valence electrons. The van der Waals surface area contributed by atoms with Gasteiger partial charge in [-0.3, -0.25) is 5.43 Å². The number of sulfonamides is 1. The molecular weight excluding hydrogens is 326 g/mol. The molecule has 7 heteroatoms. The maximum Gasteiger partial charge on any atom is 0.238 e. The second-order valence-corrected chi connectivity index (χ2v) is 6.72. The lowest BCUT2D eigenvalue weighted by Gasteiger charge is -2.05. The molecule has 0 saturated carbocycles. The molecule has 0 unspecified atom stereocenters. The number of rotatable bonds is 4. The van der Waals surface area contributed by atoms with Crippen LogP contribution in [0.1, 0.15) is 5.56 Å². The Labute approximate surface area is 139 Å². The van der Waals surface area contributed by atoms with Gasteiger partial charge in [-0.2, -0.15) is 5.10 Å². The molecule has 0 radical (unpaired) electrons. The summed E-state index contributed by atoms with van der Waals surface area (Å²) in [5.74, 6) is 0.129. The quantitative estimate of drug-likeness (QED) is 0.501. The summed E-state index contributed by atoms with van der Waals surface area (Å²) in [4.78, 5) is 0.0312. The smallest absolute Gasteiger partial charge is 0.238 e. The Bertz CT molecular complexity index is 1010. The van der Waals surface area contributed by atoms with Gasteiger partial charge in [0, 0.05) is 5.56 Å². The molecule has 0 heterocycles. The molecule has 3 rings (SSSR count). The third-order valence-electron chi connectivity index (χ3n) is 3.52. The molecule has 0 aliphatic carbocycles. The summed E-state index contributed by atoms with van der Waals surface area (Å²) >= 11 is 0. The molecule has 24 heavy (non-hydrogen) atoms. The van der Waals surface area contributed by atoms with Gasteiger partial charge in [0.25, 0.3) is 0 Å². The number of fused-ring (bicyclic) bond motifs is 1. The number of aromatic hydroxyl groups is 1. The molecule has 0 aliphatic heterocycles. The second kappa shape index (κ2) is 6.31. The van der Waals surface area contributed by atoms with E-state index in [1.165, 1.54) is 18.3 Å². The van der Waals surface area contributed by atoms with Gasteiger partial charge in [-0.25, -0.2) is 13.6 Å². The molecule has 3 aromatic carbocycles. The van der Waals surface area contributed by atoms with Crippen molar-refractivity contribution in [2.75, 3.05) is 5.43 Å². The first-order valence-electron chi connectivity index (χ1n) is 7.08. The van der Waals surface area contributed by atoms with Crippen LogP contribution in [-0.2, 0) is 10.0 Å². The summed E-state index contributed by atoms with van der Waals surface area (Å²) in [5, 5.41) is 21.1. The average Bonchev–Trinajstić information content (AvgIpc) is 2.56. The van der Waals surface area contributed by atoms with Crippen LogP contribution in [0.5, 0.6) is 5.75 Å². The third kappa shape index (κ3) is 3.37. The number of benzene rings is 3. The zero-order chi connectivity index (χ0) is 17.2. The highest BCUT2D eigenvalue weighted by Crippen LogP contribution is 2.25. The van der Waals surface area contributed by atoms with Gasteiger partial charge >= 0.3 is 0 Å². The van der Waals surface area contributed by atoms with Gasteiger partial charge in [-0.05, 0) is 41.1 Å². The molecule has 0 amide bonds. The predicted octanol–water partition coefficient (Wildman–Crippen LogP) is 2.64. The van der Waals surface area contributed by atoms with Crippen molar-refractivity contribution >= 4 is 32.7 Å². The fraction of sp³-hybridized carbons (Fsp3) is 0. The Morgan fingerprint density at radius 1 is 1.00 bits per heavy atom. The number of phenols is 1. The van der Waals surface area contributed by atoms with Crippen molar-refractivity contribution in [1.29, 1.82) is 0 Å². The zero-order valence-electron chi connectivity index (χ0n) is 12.5. The highest BCUT2D eigenvalue weighted by atomic mass is 32.2. The first-order chi connectivity index (χ1) is 11.4. The van der Waals surface area contributed by atoms with Crippen molar-refractivity contribution < 1.29 is 13.5 Å². The monoisotopic (exact) mass is 341 g/mol. The first-order valence-corrected chi connectivity index (χ1v) is 8.62. The second-order valence-electron chi connectivity index (χ2n) is 5.16. The Morgan fingerprint density at radius 3 is 2.42 bits per heavy atom. The topological polar surface area (TPSA) is 105 Å². The first kappa shape index (κ1) is 16.0. The molecule has 0 saturated heterocycles. The molecule has 4 N–H and O–H groups in total. The molecule has 0 fully saturated rings. The number of primary sulfonamides is 1. The summed E-state index contributed by atoms with van der Waals surface area (Å²) < 4.78 is 22.4. The van der Waals surface area contributed by atoms with E-state index in [4.69, 9.17) is 5.14 Å². The van der Waals surface area contributed by atoms with Crippen LogP contribution in [0, 0.1) is 0 Å². The number of hydrogen-bond donors (Lipinski definition) is 3. The van der Waals surface area contributed by atoms with E-state index in [1.54, 1.807) is 18.2 Å². The largest absolute Gasteiger partial charge is 0.507 e. The molecule has 6 nitrogen and oxygen atoms in total. The van der Waals surface area contributed by atoms with E-state index in [-0.39, 0.29) is 10.6 Å². The molecule has 0 aromatic heterocycles. The van der Waals surface area contributed by atoms with Gasteiger partial charge in [0.15, 0.2) is 0 Å². The SMILES string of the molecule is NS(=O)(=O)c1ccc(NN=Cc2c(O)ccc3ccccc23)cc1. The van der Waals surface area contributed by atoms with Gasteiger partial charge < -0.3 is 5.11 Å². The van der Waals surface area contributed by atoms with Crippen molar-refractivity contribution in [3.05, 3.63) is 66.2 Å². The highest BCUT2D eigenvalue weighted by Gasteiger charge is 2.06. The number of phenolic OH excluding ortho intramolecular Hbond substituents is 1. The fourth-order valence-electron chi connectivity index (χ4n) is 2.31. The zero-order valence-corrected chi connectivity index (χ0v) is 13.4. The van der Waals surface area contributed by atoms with Crippen LogP contribution in [0.4, 0.5) is 5.69 Å². The Morgan fingerprint density at radius 2 is 1.71 bits per heavy atom. The molecule has 0 spiro atoms. The average molecular weight is 341 g/mol. The summed E-state index contributed by atoms with van der Waals surface area (Å²) in [6.07, 6.45) is 1.52. The van der Waals surface area contributed by atoms with Gasteiger partial charge in [-0.15, -0.1) is 0 Å². The molecule has 0 aliphatic rings. The van der Waals surface area contributed by atoms with Crippen molar-refractivity contribution in [3.63, 3.8) is 0 Å². The van der Waals surface area contributed by atoms with E-state index in [1.807, 2.05) is 30.3 Å². The van der Waals surface area contributed by atoms with Crippen molar-refractivity contribution in [2.24, 2.45) is 10.2 Å². The van der Waals surface area contributed by atoms with Gasteiger partial charge in [0.05, 0.1) is 16.8 Å². The lowest BCUT2D eigenvalue weighted by Crippen LogP contribution is -2.11. The van der Waals surface area contributed by atoms with E-state index >= 15 is 0 Å². The van der Waals surface area contributed by atoms with E-state index in [0.29, 0.717) is 11.3 Å². The number of nitrogens with zero attached hydrogens (tertiary/aromatic N) is 1. The Hall–Kier alpha value is -2.90. The van der Waals surface area contributed by atoms with Crippen LogP contribution < -0.4 is 10.6 Å². The number of nitrogens with two attached hydrogens (primary N) is 1. The number of nitrogens with one attached hydrogen (secondary N) is 1. The van der Waals surface area contributed by atoms with E-state index in [9.17, 15) is 13.5 Å². The molecular formula is C17H15N3O3S. The minimum atomic E-state index is -3.71. The minimum Gasteiger partial charge on any atom is -0.507 e. The minimum absolute atomic E-state index is 0.0312. The molecule has 0 bridgehead atoms. The number of hydrogen-bond acceptors (Lipinski definition) is 5. The van der Waals surface area contributed by atoms with Gasteiger partial charge in [-0.1, -0.05) is 30.3 Å². The predicted molar refractivity (Wildman–Crippen MR) is 94.6 cm³/mol. The maximum absolute atomic E-state index is 11.2. The maximum atomic E-state index is 11.2. The van der Waals surface area contributed by atoms with Crippen LogP contribution in [0.15, 0.2) is 70.7 Å². The normalized spacial score (nSPS) is 11.9. The Kier molecular flexibility index (Phi) is 4.20. The molecule has 3 aromatic rings. The fourth-order valence-corrected chi connectivity index (χ4v) is 2.83. The van der Waals surface area contributed by atoms with E-state index in [2.05, 4.69) is 10.5 Å². The van der Waals surface area contributed by atoms with E-state index < -0.39 is 10.0 Å². The highest BCUT2D eigenvalue weighted by molar-refractivity contribution is 7.89. The van der Waals surface area contributed by atoms with Crippen molar-refractivity contribution in [3.8, 4) is 5.75 Å². The molecule has 0 atom stereocenters. The lowest BCUT2D eigenvalue weighted by atomic mass is 10.0. The van der Waals surface area contributed by atoms with Crippen LogP contribution in [0.3, 0.4) is 0 Å². The standard InChI is InChI=1S/C17H15N3O3S/c18-24(22,23)14-8-6-13(7-9-14)20-19-11-16-15-4-2-1-3-12(15)5-10-17(16)21/h1-11,20-21H,(H2,18,22,23). The summed E-state index contributed by atoms with van der Waals surface area (Å²) in [7, 11) is -3.71. The summed E-state index contributed by atoms with van der Waals surface area (Å²) in [5.41, 5.74) is 3.98. The van der Waals surface area contributed by atoms with Crippen LogP contribution in [0.2, 0.25) is 0 Å². The van der Waals surface area contributed by atoms with Gasteiger partial charge in [0.1, 0.15) is 5.75 Å². The van der Waals surface area contributed by atoms with E-state index in [0.717, 1.165) is 10.8 Å². The van der Waals surface area contributed by atoms with Crippen molar-refractivity contribution in [1.82, 2.24) is 0 Å². The summed E-state index contributed by atoms with van der Waals surface area (Å²) in [6.45, 7) is 0. The number of hydrazone groups is 1. The van der Waals surface area contributed by atoms with Crippen LogP contribution >= 0.6 is 0 Å². The Balaban J connectivity index is 1.83. The third-order valence-corrected chi connectivity index (χ3v) is 4.45. The summed E-state index contributed by atoms with van der Waals surface area (Å²) in [6, 6.07) is 17.0. The number of anilines is 1. The van der Waals surface area contributed by atoms with Crippen LogP contribution in [-0.4, -0.2) is 19.7 Å². The lowest BCUT2D eigenvalue weighted by molar-refractivity contribution is 0.475.